The van der Waals surface area contributed by atoms with Gasteiger partial charge in [-0.25, -0.2) is 0 Å². The van der Waals surface area contributed by atoms with E-state index in [2.05, 4.69) is 10.3 Å². The smallest absolute Gasteiger partial charge is 0.255 e. The fourth-order valence-electron chi connectivity index (χ4n) is 5.56. The molecular formula is C30H34N4O4. The summed E-state index contributed by atoms with van der Waals surface area (Å²) in [6.07, 6.45) is 5.31. The number of ether oxygens (including phenoxy) is 1. The second-order valence-corrected chi connectivity index (χ2v) is 10.3. The van der Waals surface area contributed by atoms with Crippen LogP contribution in [0.2, 0.25) is 0 Å². The molecule has 0 bridgehead atoms. The first kappa shape index (κ1) is 25.7. The molecule has 38 heavy (non-hydrogen) atoms. The molecule has 3 aromatic rings. The van der Waals surface area contributed by atoms with Crippen LogP contribution in [0.4, 0.5) is 0 Å². The van der Waals surface area contributed by atoms with E-state index in [0.717, 1.165) is 30.2 Å². The number of nitrogens with one attached hydrogen (secondary N) is 1. The zero-order valence-corrected chi connectivity index (χ0v) is 21.8. The summed E-state index contributed by atoms with van der Waals surface area (Å²) in [6.45, 7) is 2.32. The third-order valence-corrected chi connectivity index (χ3v) is 7.84. The number of hydrogen-bond donors (Lipinski definition) is 1. The lowest BCUT2D eigenvalue weighted by molar-refractivity contribution is -0.144. The maximum Gasteiger partial charge on any atom is 0.255 e. The molecule has 0 atom stereocenters. The third kappa shape index (κ3) is 5.35. The van der Waals surface area contributed by atoms with Gasteiger partial charge in [-0.15, -0.1) is 0 Å². The van der Waals surface area contributed by atoms with Gasteiger partial charge in [0.1, 0.15) is 12.4 Å². The minimum atomic E-state index is -0.523. The Balaban J connectivity index is 1.28. The number of likely N-dealkylation sites (tertiary alicyclic amines) is 1. The van der Waals surface area contributed by atoms with Crippen molar-refractivity contribution >= 4 is 28.6 Å². The van der Waals surface area contributed by atoms with E-state index in [0.29, 0.717) is 62.5 Å². The lowest BCUT2D eigenvalue weighted by Gasteiger charge is -2.43. The number of nitrogens with zero attached hydrogens (tertiary/aromatic N) is 3. The van der Waals surface area contributed by atoms with Crippen molar-refractivity contribution in [3.63, 3.8) is 0 Å². The molecule has 3 heterocycles. The minimum Gasteiger partial charge on any atom is -0.491 e. The van der Waals surface area contributed by atoms with Crippen LogP contribution in [0.3, 0.4) is 0 Å². The summed E-state index contributed by atoms with van der Waals surface area (Å²) < 4.78 is 5.91. The Morgan fingerprint density at radius 2 is 1.79 bits per heavy atom. The van der Waals surface area contributed by atoms with Gasteiger partial charge < -0.3 is 19.9 Å². The number of amides is 3. The third-order valence-electron chi connectivity index (χ3n) is 7.84. The highest BCUT2D eigenvalue weighted by Crippen LogP contribution is 2.39. The van der Waals surface area contributed by atoms with Crippen LogP contribution in [0.15, 0.2) is 60.8 Å². The van der Waals surface area contributed by atoms with E-state index in [1.807, 2.05) is 54.4 Å². The number of carbonyl (C=O) groups is 3. The number of para-hydroxylation sites is 1. The first-order valence-corrected chi connectivity index (χ1v) is 13.4. The van der Waals surface area contributed by atoms with E-state index < -0.39 is 5.41 Å². The van der Waals surface area contributed by atoms with Gasteiger partial charge >= 0.3 is 0 Å². The van der Waals surface area contributed by atoms with E-state index in [-0.39, 0.29) is 17.7 Å². The second-order valence-electron chi connectivity index (χ2n) is 10.3. The summed E-state index contributed by atoms with van der Waals surface area (Å²) in [4.78, 5) is 47.7. The van der Waals surface area contributed by atoms with Crippen LogP contribution < -0.4 is 10.1 Å². The fraction of sp³-hybridized carbons (Fsp3) is 0.400. The monoisotopic (exact) mass is 514 g/mol. The van der Waals surface area contributed by atoms with Crippen LogP contribution in [0, 0.1) is 5.41 Å². The number of hydrogen-bond acceptors (Lipinski definition) is 5. The van der Waals surface area contributed by atoms with Crippen molar-refractivity contribution in [2.75, 3.05) is 39.8 Å². The number of aromatic nitrogens is 1. The standard InChI is InChI=1S/C30H34N4O4/c1-33-19-20-38-26-9-3-2-8-24(26)27(35)32-15-5-4-12-30(29(33)37)13-17-34(18-14-30)28(36)23-10-11-25-22(21-23)7-6-16-31-25/h2-3,6-11,16,21H,4-5,12-15,17-20H2,1H3,(H,32,35). The van der Waals surface area contributed by atoms with Gasteiger partial charge in [0, 0.05) is 43.8 Å². The number of carbonyl (C=O) groups excluding carboxylic acids is 3. The van der Waals surface area contributed by atoms with Gasteiger partial charge in [0.2, 0.25) is 5.91 Å². The Labute approximate surface area is 223 Å². The highest BCUT2D eigenvalue weighted by atomic mass is 16.5. The van der Waals surface area contributed by atoms with E-state index >= 15 is 0 Å². The Hall–Kier alpha value is -3.94. The number of rotatable bonds is 1. The number of piperidine rings is 1. The molecular weight excluding hydrogens is 480 g/mol. The molecule has 2 aliphatic heterocycles. The van der Waals surface area contributed by atoms with Crippen LogP contribution in [-0.2, 0) is 4.79 Å². The molecule has 1 aromatic heterocycles. The van der Waals surface area contributed by atoms with Gasteiger partial charge in [-0.2, -0.15) is 0 Å². The zero-order valence-electron chi connectivity index (χ0n) is 21.8. The van der Waals surface area contributed by atoms with Crippen LogP contribution in [0.25, 0.3) is 10.9 Å². The summed E-state index contributed by atoms with van der Waals surface area (Å²) in [7, 11) is 1.82. The molecule has 1 N–H and O–H groups in total. The molecule has 1 spiro atoms. The van der Waals surface area contributed by atoms with E-state index in [4.69, 9.17) is 4.74 Å². The zero-order chi connectivity index (χ0) is 26.5. The first-order valence-electron chi connectivity index (χ1n) is 13.4. The normalized spacial score (nSPS) is 18.9. The highest BCUT2D eigenvalue weighted by Gasteiger charge is 2.43. The Morgan fingerprint density at radius 1 is 0.974 bits per heavy atom. The molecule has 1 saturated heterocycles. The maximum atomic E-state index is 13.8. The molecule has 3 amide bonds. The van der Waals surface area contributed by atoms with Gasteiger partial charge in [0.15, 0.2) is 0 Å². The van der Waals surface area contributed by atoms with Crippen LogP contribution in [0.5, 0.6) is 5.75 Å². The molecule has 0 saturated carbocycles. The van der Waals surface area contributed by atoms with Crippen LogP contribution >= 0.6 is 0 Å². The summed E-state index contributed by atoms with van der Waals surface area (Å²) in [5, 5.41) is 3.92. The summed E-state index contributed by atoms with van der Waals surface area (Å²) in [5.74, 6) is 0.475. The molecule has 8 nitrogen and oxygen atoms in total. The van der Waals surface area contributed by atoms with Crippen molar-refractivity contribution in [2.24, 2.45) is 5.41 Å². The average Bonchev–Trinajstić information content (AvgIpc) is 2.96. The van der Waals surface area contributed by atoms with Crippen molar-refractivity contribution in [3.8, 4) is 5.75 Å². The number of likely N-dealkylation sites (N-methyl/N-ethyl adjacent to an activating group) is 1. The van der Waals surface area contributed by atoms with Crippen LogP contribution in [-0.4, -0.2) is 72.3 Å². The van der Waals surface area contributed by atoms with Crippen molar-refractivity contribution in [2.45, 2.75) is 32.1 Å². The Morgan fingerprint density at radius 3 is 2.63 bits per heavy atom. The van der Waals surface area contributed by atoms with Crippen molar-refractivity contribution in [1.82, 2.24) is 20.1 Å². The lowest BCUT2D eigenvalue weighted by Crippen LogP contribution is -2.51. The molecule has 1 fully saturated rings. The first-order chi connectivity index (χ1) is 18.5. The van der Waals surface area contributed by atoms with Gasteiger partial charge in [0.05, 0.1) is 23.0 Å². The molecule has 5 rings (SSSR count). The highest BCUT2D eigenvalue weighted by molar-refractivity contribution is 5.98. The maximum absolute atomic E-state index is 13.8. The minimum absolute atomic E-state index is 0.0120. The predicted octanol–water partition coefficient (Wildman–Crippen LogP) is 3.91. The SMILES string of the molecule is CN1CCOc2ccccc2C(=O)NCCCCC2(CCN(C(=O)c3ccc4ncccc4c3)CC2)C1=O. The second kappa shape index (κ2) is 11.2. The predicted molar refractivity (Wildman–Crippen MR) is 145 cm³/mol. The molecule has 0 unspecified atom stereocenters. The van der Waals surface area contributed by atoms with E-state index in [1.165, 1.54) is 0 Å². The molecule has 8 heteroatoms. The summed E-state index contributed by atoms with van der Waals surface area (Å²) in [6, 6.07) is 16.6. The number of pyridine rings is 1. The molecule has 2 aromatic carbocycles. The largest absolute Gasteiger partial charge is 0.491 e. The van der Waals surface area contributed by atoms with Gasteiger partial charge in [0.25, 0.3) is 11.8 Å². The topological polar surface area (TPSA) is 91.8 Å². The molecule has 0 aliphatic carbocycles. The summed E-state index contributed by atoms with van der Waals surface area (Å²) >= 11 is 0. The number of fused-ring (bicyclic) bond motifs is 2. The van der Waals surface area contributed by atoms with Gasteiger partial charge in [-0.1, -0.05) is 24.6 Å². The Bertz CT molecular complexity index is 1330. The van der Waals surface area contributed by atoms with Crippen molar-refractivity contribution in [1.29, 1.82) is 0 Å². The van der Waals surface area contributed by atoms with E-state index in [9.17, 15) is 14.4 Å². The molecule has 0 radical (unpaired) electrons. The van der Waals surface area contributed by atoms with Crippen molar-refractivity contribution in [3.05, 3.63) is 71.9 Å². The lowest BCUT2D eigenvalue weighted by atomic mass is 9.73. The van der Waals surface area contributed by atoms with Crippen molar-refractivity contribution < 1.29 is 19.1 Å². The summed E-state index contributed by atoms with van der Waals surface area (Å²) in [5.41, 5.74) is 1.49. The molecule has 2 aliphatic rings. The molecule has 198 valence electrons. The average molecular weight is 515 g/mol. The fourth-order valence-corrected chi connectivity index (χ4v) is 5.56. The number of benzene rings is 2. The Kier molecular flexibility index (Phi) is 7.58. The van der Waals surface area contributed by atoms with Crippen LogP contribution in [0.1, 0.15) is 52.8 Å². The van der Waals surface area contributed by atoms with Gasteiger partial charge in [-0.3, -0.25) is 19.4 Å². The van der Waals surface area contributed by atoms with Gasteiger partial charge in [-0.05, 0) is 62.1 Å². The van der Waals surface area contributed by atoms with E-state index in [1.54, 1.807) is 23.2 Å². The quantitative estimate of drug-likeness (QED) is 0.532.